The van der Waals surface area contributed by atoms with Crippen molar-refractivity contribution in [3.63, 3.8) is 0 Å². The van der Waals surface area contributed by atoms with Crippen LogP contribution in [-0.4, -0.2) is 46.3 Å². The summed E-state index contributed by atoms with van der Waals surface area (Å²) >= 11 is 0. The topological polar surface area (TPSA) is 50.2 Å². The second kappa shape index (κ2) is 9.20. The van der Waals surface area contributed by atoms with Gasteiger partial charge in [0, 0.05) is 37.4 Å². The zero-order valence-corrected chi connectivity index (χ0v) is 17.4. The number of likely N-dealkylation sites (N-methyl/N-ethyl adjacent to an activating group) is 1. The zero-order chi connectivity index (χ0) is 20.1. The lowest BCUT2D eigenvalue weighted by Gasteiger charge is -2.34. The maximum atomic E-state index is 12.8. The van der Waals surface area contributed by atoms with Crippen molar-refractivity contribution in [2.24, 2.45) is 7.05 Å². The van der Waals surface area contributed by atoms with Gasteiger partial charge in [0.05, 0.1) is 0 Å². The molecule has 1 amide bonds. The number of carbonyl (C=O) groups excluding carboxylic acids is 1. The third-order valence-electron chi connectivity index (χ3n) is 5.58. The summed E-state index contributed by atoms with van der Waals surface area (Å²) in [6.07, 6.45) is 3.77. The molecule has 2 aromatic rings. The Morgan fingerprint density at radius 1 is 1.36 bits per heavy atom. The average Bonchev–Trinajstić information content (AvgIpc) is 3.03. The van der Waals surface area contributed by atoms with Gasteiger partial charge in [0.1, 0.15) is 0 Å². The average molecular weight is 381 g/mol. The van der Waals surface area contributed by atoms with Crippen LogP contribution >= 0.6 is 0 Å². The molecule has 1 aliphatic carbocycles. The molecule has 0 saturated carbocycles. The van der Waals surface area contributed by atoms with Gasteiger partial charge in [-0.25, -0.2) is 0 Å². The molecular weight excluding hydrogens is 348 g/mol. The van der Waals surface area contributed by atoms with Crippen LogP contribution in [0.1, 0.15) is 47.6 Å². The second-order valence-corrected chi connectivity index (χ2v) is 7.81. The predicted octanol–water partition coefficient (Wildman–Crippen LogP) is 3.15. The van der Waals surface area contributed by atoms with Gasteiger partial charge in [-0.15, -0.1) is 0 Å². The summed E-state index contributed by atoms with van der Waals surface area (Å²) in [4.78, 5) is 15.3. The molecule has 3 rings (SSSR count). The van der Waals surface area contributed by atoms with E-state index >= 15 is 0 Å². The zero-order valence-electron chi connectivity index (χ0n) is 17.4. The van der Waals surface area contributed by atoms with Crippen LogP contribution in [0.5, 0.6) is 0 Å². The molecule has 1 N–H and O–H groups in total. The van der Waals surface area contributed by atoms with Gasteiger partial charge in [-0.1, -0.05) is 49.4 Å². The van der Waals surface area contributed by atoms with E-state index in [-0.39, 0.29) is 5.91 Å². The van der Waals surface area contributed by atoms with Gasteiger partial charge in [0.25, 0.3) is 5.91 Å². The molecule has 5 nitrogen and oxygen atoms in total. The third kappa shape index (κ3) is 4.71. The standard InChI is InChI=1S/C23H32N4O/c1-5-27(16-17(2)3)19-11-12-21-20(15-19)22(25-26(21)4)23(28)24-14-13-18-9-7-6-8-10-18/h6-10,19H,2,5,11-16H2,1,3-4H3,(H,24,28). The number of benzene rings is 1. The van der Waals surface area contributed by atoms with Crippen molar-refractivity contribution in [3.8, 4) is 0 Å². The van der Waals surface area contributed by atoms with Crippen LogP contribution in [0, 0.1) is 0 Å². The number of amides is 1. The molecule has 1 unspecified atom stereocenters. The molecule has 28 heavy (non-hydrogen) atoms. The smallest absolute Gasteiger partial charge is 0.272 e. The van der Waals surface area contributed by atoms with Crippen LogP contribution in [0.3, 0.4) is 0 Å². The minimum atomic E-state index is -0.0589. The number of aromatic nitrogens is 2. The first kappa shape index (κ1) is 20.3. The monoisotopic (exact) mass is 380 g/mol. The maximum Gasteiger partial charge on any atom is 0.272 e. The first-order valence-corrected chi connectivity index (χ1v) is 10.2. The number of carbonyl (C=O) groups is 1. The van der Waals surface area contributed by atoms with Crippen molar-refractivity contribution in [1.82, 2.24) is 20.0 Å². The summed E-state index contributed by atoms with van der Waals surface area (Å²) in [7, 11) is 1.95. The molecule has 1 atom stereocenters. The van der Waals surface area contributed by atoms with E-state index in [1.165, 1.54) is 16.8 Å². The normalized spacial score (nSPS) is 16.1. The number of hydrogen-bond acceptors (Lipinski definition) is 3. The predicted molar refractivity (Wildman–Crippen MR) is 114 cm³/mol. The van der Waals surface area contributed by atoms with Gasteiger partial charge < -0.3 is 5.32 Å². The highest BCUT2D eigenvalue weighted by molar-refractivity contribution is 5.94. The highest BCUT2D eigenvalue weighted by atomic mass is 16.1. The van der Waals surface area contributed by atoms with E-state index in [0.29, 0.717) is 18.3 Å². The molecule has 1 aliphatic rings. The molecular formula is C23H32N4O. The van der Waals surface area contributed by atoms with Crippen molar-refractivity contribution in [2.75, 3.05) is 19.6 Å². The van der Waals surface area contributed by atoms with Crippen LogP contribution in [0.15, 0.2) is 42.5 Å². The van der Waals surface area contributed by atoms with Gasteiger partial charge >= 0.3 is 0 Å². The number of nitrogens with zero attached hydrogens (tertiary/aromatic N) is 3. The molecule has 0 bridgehead atoms. The lowest BCUT2D eigenvalue weighted by Crippen LogP contribution is -2.40. The SMILES string of the molecule is C=C(C)CN(CC)C1CCc2c(c(C(=O)NCCc3ccccc3)nn2C)C1. The molecule has 1 aromatic carbocycles. The highest BCUT2D eigenvalue weighted by Crippen LogP contribution is 2.27. The summed E-state index contributed by atoms with van der Waals surface area (Å²) in [6, 6.07) is 10.7. The quantitative estimate of drug-likeness (QED) is 0.716. The minimum absolute atomic E-state index is 0.0589. The summed E-state index contributed by atoms with van der Waals surface area (Å²) < 4.78 is 1.90. The summed E-state index contributed by atoms with van der Waals surface area (Å²) in [6.45, 7) is 10.9. The van der Waals surface area contributed by atoms with Crippen molar-refractivity contribution < 1.29 is 4.79 Å². The van der Waals surface area contributed by atoms with E-state index in [9.17, 15) is 4.79 Å². The number of hydrogen-bond donors (Lipinski definition) is 1. The molecule has 0 saturated heterocycles. The summed E-state index contributed by atoms with van der Waals surface area (Å²) in [5.74, 6) is -0.0589. The van der Waals surface area contributed by atoms with Gasteiger partial charge in [0.2, 0.25) is 0 Å². The summed E-state index contributed by atoms with van der Waals surface area (Å²) in [5.41, 5.74) is 5.33. The lowest BCUT2D eigenvalue weighted by molar-refractivity contribution is 0.0946. The Balaban J connectivity index is 1.68. The van der Waals surface area contributed by atoms with Crippen molar-refractivity contribution >= 4 is 5.91 Å². The highest BCUT2D eigenvalue weighted by Gasteiger charge is 2.30. The van der Waals surface area contributed by atoms with E-state index in [0.717, 1.165) is 44.3 Å². The lowest BCUT2D eigenvalue weighted by atomic mass is 9.90. The van der Waals surface area contributed by atoms with E-state index in [2.05, 4.69) is 47.9 Å². The van der Waals surface area contributed by atoms with Crippen LogP contribution < -0.4 is 5.32 Å². The van der Waals surface area contributed by atoms with E-state index in [1.54, 1.807) is 0 Å². The number of nitrogens with one attached hydrogen (secondary N) is 1. The third-order valence-corrected chi connectivity index (χ3v) is 5.58. The fourth-order valence-electron chi connectivity index (χ4n) is 4.16. The molecule has 5 heteroatoms. The van der Waals surface area contributed by atoms with Crippen molar-refractivity contribution in [3.05, 3.63) is 65.0 Å². The Bertz CT molecular complexity index is 825. The van der Waals surface area contributed by atoms with Crippen LogP contribution in [0.2, 0.25) is 0 Å². The number of rotatable bonds is 8. The van der Waals surface area contributed by atoms with Gasteiger partial charge in [-0.05, 0) is 44.7 Å². The number of fused-ring (bicyclic) bond motifs is 1. The first-order chi connectivity index (χ1) is 13.5. The van der Waals surface area contributed by atoms with Crippen molar-refractivity contribution in [2.45, 2.75) is 45.6 Å². The Morgan fingerprint density at radius 3 is 2.79 bits per heavy atom. The number of aryl methyl sites for hydroxylation is 1. The first-order valence-electron chi connectivity index (χ1n) is 10.2. The van der Waals surface area contributed by atoms with E-state index < -0.39 is 0 Å². The Morgan fingerprint density at radius 2 is 2.11 bits per heavy atom. The van der Waals surface area contributed by atoms with Crippen LogP contribution in [0.25, 0.3) is 0 Å². The minimum Gasteiger partial charge on any atom is -0.350 e. The van der Waals surface area contributed by atoms with Gasteiger partial charge in [-0.2, -0.15) is 5.10 Å². The summed E-state index contributed by atoms with van der Waals surface area (Å²) in [5, 5.41) is 7.63. The molecule has 0 radical (unpaired) electrons. The molecule has 1 heterocycles. The fraction of sp³-hybridized carbons (Fsp3) is 0.478. The van der Waals surface area contributed by atoms with Crippen molar-refractivity contribution in [1.29, 1.82) is 0 Å². The van der Waals surface area contributed by atoms with Crippen LogP contribution in [0.4, 0.5) is 0 Å². The second-order valence-electron chi connectivity index (χ2n) is 7.81. The largest absolute Gasteiger partial charge is 0.350 e. The van der Waals surface area contributed by atoms with E-state index in [4.69, 9.17) is 0 Å². The molecule has 150 valence electrons. The van der Waals surface area contributed by atoms with E-state index in [1.807, 2.05) is 29.9 Å². The molecule has 0 spiro atoms. The Labute approximate surface area is 168 Å². The Hall–Kier alpha value is -2.40. The maximum absolute atomic E-state index is 12.8. The van der Waals surface area contributed by atoms with Gasteiger partial charge in [-0.3, -0.25) is 14.4 Å². The van der Waals surface area contributed by atoms with Crippen LogP contribution in [-0.2, 0) is 26.3 Å². The fourth-order valence-corrected chi connectivity index (χ4v) is 4.16. The molecule has 0 aliphatic heterocycles. The van der Waals surface area contributed by atoms with Gasteiger partial charge in [0.15, 0.2) is 5.69 Å². The molecule has 0 fully saturated rings. The Kier molecular flexibility index (Phi) is 6.68. The molecule has 1 aromatic heterocycles.